The average molecular weight is 625 g/mol. The van der Waals surface area contributed by atoms with Gasteiger partial charge in [0.25, 0.3) is 0 Å². The molecule has 3 aliphatic heterocycles. The molecule has 3 fully saturated rings. The number of rotatable bonds is 9. The lowest BCUT2D eigenvalue weighted by Gasteiger charge is -2.34. The molecule has 2 bridgehead atoms. The molecule has 46 heavy (non-hydrogen) atoms. The van der Waals surface area contributed by atoms with Crippen LogP contribution in [0.2, 0.25) is 0 Å². The molecule has 3 saturated heterocycles. The third kappa shape index (κ3) is 5.63. The Morgan fingerprint density at radius 2 is 1.96 bits per heavy atom. The lowest BCUT2D eigenvalue weighted by molar-refractivity contribution is 0.163. The number of fused-ring (bicyclic) bond motifs is 4. The second kappa shape index (κ2) is 12.5. The minimum absolute atomic E-state index is 0.0286. The third-order valence-corrected chi connectivity index (χ3v) is 9.53. The second-order valence-electron chi connectivity index (χ2n) is 12.8. The predicted octanol–water partition coefficient (Wildman–Crippen LogP) is 5.95. The van der Waals surface area contributed by atoms with Crippen molar-refractivity contribution in [2.45, 2.75) is 63.6 Å². The van der Waals surface area contributed by atoms with Gasteiger partial charge in [0, 0.05) is 54.9 Å². The summed E-state index contributed by atoms with van der Waals surface area (Å²) in [4.78, 5) is 18.5. The van der Waals surface area contributed by atoms with Crippen LogP contribution in [0.25, 0.3) is 32.9 Å². The number of ether oxygens (including phenoxy) is 1. The number of aromatic nitrogens is 3. The molecule has 0 spiro atoms. The fourth-order valence-corrected chi connectivity index (χ4v) is 7.34. The first-order valence-electron chi connectivity index (χ1n) is 16.2. The van der Waals surface area contributed by atoms with Crippen LogP contribution >= 0.6 is 0 Å². The molecule has 4 aromatic rings. The normalized spacial score (nSPS) is 21.4. The standard InChI is InChI=1S/C36H38F2N6O2/c1-4-6-7-12-43-17-21(3)13-25(43)20-46-36-41-34-29(35(42-36)44-18-23-9-10-24(19-44)40-23)16-39-33(32(34)38)28-15-26(45)14-22-8-11-30(37)27(5-2)31(22)28/h2,8,11,14-16,23-25,40,45H,3-4,6-7,9-10,12-13,17-20H2,1H3. The molecular weight excluding hydrogens is 586 g/mol. The number of halogens is 2. The van der Waals surface area contributed by atoms with Crippen LogP contribution in [0.4, 0.5) is 14.6 Å². The molecule has 0 amide bonds. The summed E-state index contributed by atoms with van der Waals surface area (Å²) in [6.45, 7) is 10.0. The molecule has 0 radical (unpaired) electrons. The Balaban J connectivity index is 1.32. The Bertz CT molecular complexity index is 1860. The molecule has 3 unspecified atom stereocenters. The zero-order valence-electron chi connectivity index (χ0n) is 26.0. The Morgan fingerprint density at radius 3 is 2.72 bits per heavy atom. The molecule has 7 rings (SSSR count). The summed E-state index contributed by atoms with van der Waals surface area (Å²) >= 11 is 0. The van der Waals surface area contributed by atoms with E-state index in [4.69, 9.17) is 16.1 Å². The van der Waals surface area contributed by atoms with E-state index >= 15 is 4.39 Å². The van der Waals surface area contributed by atoms with Crippen LogP contribution in [-0.4, -0.2) is 75.9 Å². The molecule has 2 aromatic heterocycles. The summed E-state index contributed by atoms with van der Waals surface area (Å²) in [6.07, 6.45) is 13.6. The largest absolute Gasteiger partial charge is 0.508 e. The monoisotopic (exact) mass is 624 g/mol. The summed E-state index contributed by atoms with van der Waals surface area (Å²) in [6, 6.07) is 6.42. The third-order valence-electron chi connectivity index (χ3n) is 9.53. The number of aromatic hydroxyl groups is 1. The highest BCUT2D eigenvalue weighted by atomic mass is 19.1. The summed E-state index contributed by atoms with van der Waals surface area (Å²) < 4.78 is 37.9. The summed E-state index contributed by atoms with van der Waals surface area (Å²) in [5.41, 5.74) is 1.27. The van der Waals surface area contributed by atoms with Gasteiger partial charge in [-0.3, -0.25) is 9.88 Å². The van der Waals surface area contributed by atoms with Crippen LogP contribution in [0.15, 0.2) is 42.6 Å². The lowest BCUT2D eigenvalue weighted by Crippen LogP contribution is -2.51. The van der Waals surface area contributed by atoms with Crippen molar-refractivity contribution in [3.63, 3.8) is 0 Å². The number of phenolic OH excluding ortho intramolecular Hbond substituents is 1. The van der Waals surface area contributed by atoms with Gasteiger partial charge in [-0.1, -0.05) is 43.9 Å². The molecule has 0 aliphatic carbocycles. The fraction of sp³-hybridized carbons (Fsp3) is 0.417. The highest BCUT2D eigenvalue weighted by Crippen LogP contribution is 2.39. The second-order valence-corrected chi connectivity index (χ2v) is 12.8. The smallest absolute Gasteiger partial charge is 0.319 e. The van der Waals surface area contributed by atoms with E-state index in [2.05, 4.69) is 44.5 Å². The summed E-state index contributed by atoms with van der Waals surface area (Å²) in [5.74, 6) is 1.50. The minimum atomic E-state index is -0.723. The van der Waals surface area contributed by atoms with E-state index in [0.29, 0.717) is 40.7 Å². The van der Waals surface area contributed by atoms with Gasteiger partial charge in [-0.15, -0.1) is 6.42 Å². The number of benzene rings is 2. The van der Waals surface area contributed by atoms with Gasteiger partial charge in [-0.05, 0) is 55.8 Å². The number of hydrogen-bond acceptors (Lipinski definition) is 8. The summed E-state index contributed by atoms with van der Waals surface area (Å²) in [5, 5.41) is 15.4. The maximum absolute atomic E-state index is 16.8. The zero-order chi connectivity index (χ0) is 31.9. The minimum Gasteiger partial charge on any atom is -0.508 e. The van der Waals surface area contributed by atoms with Crippen LogP contribution in [0.3, 0.4) is 0 Å². The number of likely N-dealkylation sites (tertiary alicyclic amines) is 1. The molecule has 10 heteroatoms. The molecule has 0 saturated carbocycles. The van der Waals surface area contributed by atoms with Crippen molar-refractivity contribution >= 4 is 27.5 Å². The number of phenols is 1. The molecule has 2 N–H and O–H groups in total. The Hall–Kier alpha value is -4.33. The maximum Gasteiger partial charge on any atom is 0.319 e. The van der Waals surface area contributed by atoms with E-state index in [1.165, 1.54) is 36.3 Å². The quantitative estimate of drug-likeness (QED) is 0.134. The first-order valence-corrected chi connectivity index (χ1v) is 16.2. The number of unbranched alkanes of at least 4 members (excludes halogenated alkanes) is 2. The van der Waals surface area contributed by atoms with Crippen molar-refractivity contribution in [2.24, 2.45) is 0 Å². The number of terminal acetylenes is 1. The summed E-state index contributed by atoms with van der Waals surface area (Å²) in [7, 11) is 0. The van der Waals surface area contributed by atoms with Crippen molar-refractivity contribution in [1.29, 1.82) is 0 Å². The van der Waals surface area contributed by atoms with E-state index in [0.717, 1.165) is 58.3 Å². The van der Waals surface area contributed by atoms with Gasteiger partial charge in [0.1, 0.15) is 35.2 Å². The van der Waals surface area contributed by atoms with Gasteiger partial charge >= 0.3 is 6.01 Å². The van der Waals surface area contributed by atoms with Gasteiger partial charge in [0.2, 0.25) is 0 Å². The van der Waals surface area contributed by atoms with Gasteiger partial charge < -0.3 is 20.1 Å². The number of piperazine rings is 1. The van der Waals surface area contributed by atoms with Crippen molar-refractivity contribution in [1.82, 2.24) is 25.2 Å². The Kier molecular flexibility index (Phi) is 8.22. The van der Waals surface area contributed by atoms with E-state index in [-0.39, 0.29) is 40.1 Å². The number of pyridine rings is 1. The predicted molar refractivity (Wildman–Crippen MR) is 176 cm³/mol. The fourth-order valence-electron chi connectivity index (χ4n) is 7.34. The topological polar surface area (TPSA) is 86.6 Å². The zero-order valence-corrected chi connectivity index (χ0v) is 26.0. The molecule has 5 heterocycles. The molecule has 2 aromatic carbocycles. The lowest BCUT2D eigenvalue weighted by atomic mass is 9.96. The molecule has 238 valence electrons. The van der Waals surface area contributed by atoms with E-state index < -0.39 is 11.6 Å². The van der Waals surface area contributed by atoms with Gasteiger partial charge in [0.05, 0.1) is 10.9 Å². The molecule has 3 atom stereocenters. The van der Waals surface area contributed by atoms with Crippen LogP contribution in [0.5, 0.6) is 11.8 Å². The van der Waals surface area contributed by atoms with Crippen LogP contribution in [-0.2, 0) is 0 Å². The van der Waals surface area contributed by atoms with Crippen LogP contribution in [0.1, 0.15) is 51.0 Å². The van der Waals surface area contributed by atoms with Crippen molar-refractivity contribution in [2.75, 3.05) is 37.7 Å². The van der Waals surface area contributed by atoms with Gasteiger partial charge in [-0.2, -0.15) is 9.97 Å². The van der Waals surface area contributed by atoms with E-state index in [9.17, 15) is 9.50 Å². The SMILES string of the molecule is C#Cc1c(F)ccc2cc(O)cc(-c3ncc4c(N5CC6CCC(C5)N6)nc(OCC5CC(=C)CN5CCCCC)nc4c3F)c12. The highest BCUT2D eigenvalue weighted by molar-refractivity contribution is 6.03. The first-order chi connectivity index (χ1) is 22.3. The number of nitrogens with one attached hydrogen (secondary N) is 1. The molecule has 3 aliphatic rings. The van der Waals surface area contributed by atoms with Crippen molar-refractivity contribution < 1.29 is 18.6 Å². The van der Waals surface area contributed by atoms with Crippen LogP contribution < -0.4 is 15.0 Å². The van der Waals surface area contributed by atoms with E-state index in [1.807, 2.05) is 0 Å². The van der Waals surface area contributed by atoms with Gasteiger partial charge in [0.15, 0.2) is 5.82 Å². The van der Waals surface area contributed by atoms with Crippen LogP contribution in [0, 0.1) is 24.0 Å². The van der Waals surface area contributed by atoms with Gasteiger partial charge in [-0.25, -0.2) is 8.78 Å². The average Bonchev–Trinajstić information content (AvgIpc) is 3.58. The maximum atomic E-state index is 16.8. The number of anilines is 1. The highest BCUT2D eigenvalue weighted by Gasteiger charge is 2.35. The Labute approximate surface area is 267 Å². The number of hydrogen-bond donors (Lipinski definition) is 2. The van der Waals surface area contributed by atoms with E-state index in [1.54, 1.807) is 6.20 Å². The van der Waals surface area contributed by atoms with Crippen molar-refractivity contribution in [3.8, 4) is 35.4 Å². The Morgan fingerprint density at radius 1 is 1.15 bits per heavy atom. The van der Waals surface area contributed by atoms with Crippen molar-refractivity contribution in [3.05, 3.63) is 59.8 Å². The molecule has 8 nitrogen and oxygen atoms in total. The molecular formula is C36H38F2N6O2. The first kappa shape index (κ1) is 30.3. The number of nitrogens with zero attached hydrogens (tertiary/aromatic N) is 5.